The summed E-state index contributed by atoms with van der Waals surface area (Å²) in [4.78, 5) is 4.13. The molecule has 23 heavy (non-hydrogen) atoms. The van der Waals surface area contributed by atoms with Crippen molar-refractivity contribution in [3.63, 3.8) is 0 Å². The number of para-hydroxylation sites is 1. The van der Waals surface area contributed by atoms with E-state index in [1.807, 2.05) is 12.1 Å². The maximum atomic E-state index is 14.2. The third-order valence-corrected chi connectivity index (χ3v) is 3.70. The summed E-state index contributed by atoms with van der Waals surface area (Å²) in [5.74, 6) is -0.0392. The van der Waals surface area contributed by atoms with Crippen molar-refractivity contribution in [2.45, 2.75) is 12.2 Å². The quantitative estimate of drug-likeness (QED) is 0.917. The number of nitrogens with zero attached hydrogens (tertiary/aromatic N) is 1. The summed E-state index contributed by atoms with van der Waals surface area (Å²) in [5.41, 5.74) is 0.825. The summed E-state index contributed by atoms with van der Waals surface area (Å²) in [6.45, 7) is 1.99. The molecule has 1 N–H and O–H groups in total. The minimum Gasteiger partial charge on any atom is -0.493 e. The molecule has 0 spiro atoms. The highest BCUT2D eigenvalue weighted by molar-refractivity contribution is 5.41. The molecule has 1 aromatic heterocycles. The van der Waals surface area contributed by atoms with Gasteiger partial charge in [0, 0.05) is 31.0 Å². The van der Waals surface area contributed by atoms with E-state index < -0.39 is 11.9 Å². The largest absolute Gasteiger partial charge is 0.493 e. The van der Waals surface area contributed by atoms with E-state index in [4.69, 9.17) is 14.2 Å². The van der Waals surface area contributed by atoms with Crippen molar-refractivity contribution in [3.05, 3.63) is 54.1 Å². The lowest BCUT2D eigenvalue weighted by Gasteiger charge is -2.31. The topological polar surface area (TPSA) is 52.6 Å². The molecule has 1 aromatic carbocycles. The Hall–Kier alpha value is -2.18. The Morgan fingerprint density at radius 1 is 1.35 bits per heavy atom. The number of pyridine rings is 1. The lowest BCUT2D eigenvalue weighted by Crippen LogP contribution is -2.43. The van der Waals surface area contributed by atoms with Gasteiger partial charge in [0.25, 0.3) is 0 Å². The molecule has 1 aliphatic heterocycles. The molecule has 0 radical (unpaired) electrons. The van der Waals surface area contributed by atoms with Crippen LogP contribution in [0, 0.1) is 5.82 Å². The summed E-state index contributed by atoms with van der Waals surface area (Å²) in [5, 5.41) is 3.26. The van der Waals surface area contributed by atoms with Crippen LogP contribution in [-0.4, -0.2) is 37.9 Å². The van der Waals surface area contributed by atoms with Crippen molar-refractivity contribution in [2.24, 2.45) is 0 Å². The lowest BCUT2D eigenvalue weighted by atomic mass is 10.0. The van der Waals surface area contributed by atoms with Gasteiger partial charge in [-0.05, 0) is 18.2 Å². The average molecular weight is 318 g/mol. The summed E-state index contributed by atoms with van der Waals surface area (Å²) in [6.07, 6.45) is 2.67. The Balaban J connectivity index is 1.93. The first-order valence-electron chi connectivity index (χ1n) is 7.51. The summed E-state index contributed by atoms with van der Waals surface area (Å²) in [7, 11) is 1.49. The van der Waals surface area contributed by atoms with Crippen molar-refractivity contribution in [3.8, 4) is 11.5 Å². The van der Waals surface area contributed by atoms with Crippen LogP contribution in [0.25, 0.3) is 0 Å². The first-order chi connectivity index (χ1) is 11.3. The fraction of sp³-hybridized carbons (Fsp3) is 0.353. The van der Waals surface area contributed by atoms with Crippen LogP contribution >= 0.6 is 0 Å². The minimum atomic E-state index is -0.484. The van der Waals surface area contributed by atoms with Gasteiger partial charge < -0.3 is 19.5 Å². The summed E-state index contributed by atoms with van der Waals surface area (Å²) < 4.78 is 31.2. The Labute approximate surface area is 134 Å². The zero-order chi connectivity index (χ0) is 16.1. The molecule has 6 heteroatoms. The standard InChI is InChI=1S/C17H19FN2O3/c1-21-14-6-2-5-13(18)17(14)23-16(12-4-3-7-19-10-12)15-11-20-8-9-22-15/h2-7,10,15-16,20H,8-9,11H2,1H3. The van der Waals surface area contributed by atoms with Crippen LogP contribution in [0.4, 0.5) is 4.39 Å². The fourth-order valence-corrected chi connectivity index (χ4v) is 2.57. The molecule has 1 fully saturated rings. The molecule has 1 aliphatic rings. The van der Waals surface area contributed by atoms with Gasteiger partial charge in [-0.15, -0.1) is 0 Å². The SMILES string of the molecule is COc1cccc(F)c1OC(c1cccnc1)C1CNCCO1. The second-order valence-electron chi connectivity index (χ2n) is 5.21. The van der Waals surface area contributed by atoms with E-state index in [-0.39, 0.29) is 11.9 Å². The van der Waals surface area contributed by atoms with Crippen molar-refractivity contribution < 1.29 is 18.6 Å². The number of morpholine rings is 1. The monoisotopic (exact) mass is 318 g/mol. The lowest BCUT2D eigenvalue weighted by molar-refractivity contribution is -0.0449. The zero-order valence-electron chi connectivity index (χ0n) is 12.9. The van der Waals surface area contributed by atoms with Crippen LogP contribution in [0.2, 0.25) is 0 Å². The van der Waals surface area contributed by atoms with Crippen molar-refractivity contribution in [1.29, 1.82) is 0 Å². The predicted octanol–water partition coefficient (Wildman–Crippen LogP) is 2.34. The summed E-state index contributed by atoms with van der Waals surface area (Å²) in [6, 6.07) is 8.30. The second kappa shape index (κ2) is 7.39. The van der Waals surface area contributed by atoms with Crippen LogP contribution in [0.5, 0.6) is 11.5 Å². The zero-order valence-corrected chi connectivity index (χ0v) is 12.9. The van der Waals surface area contributed by atoms with Gasteiger partial charge in [-0.25, -0.2) is 4.39 Å². The maximum absolute atomic E-state index is 14.2. The number of rotatable bonds is 5. The second-order valence-corrected chi connectivity index (χ2v) is 5.21. The minimum absolute atomic E-state index is 0.0815. The predicted molar refractivity (Wildman–Crippen MR) is 83.2 cm³/mol. The van der Waals surface area contributed by atoms with Gasteiger partial charge in [0.1, 0.15) is 6.10 Å². The maximum Gasteiger partial charge on any atom is 0.197 e. The summed E-state index contributed by atoms with van der Waals surface area (Å²) >= 11 is 0. The number of hydrogen-bond acceptors (Lipinski definition) is 5. The smallest absolute Gasteiger partial charge is 0.197 e. The Bertz CT molecular complexity index is 633. The molecule has 5 nitrogen and oxygen atoms in total. The Morgan fingerprint density at radius 2 is 2.26 bits per heavy atom. The molecule has 2 unspecified atom stereocenters. The van der Waals surface area contributed by atoms with E-state index in [9.17, 15) is 4.39 Å². The van der Waals surface area contributed by atoms with Gasteiger partial charge in [0.15, 0.2) is 23.4 Å². The number of ether oxygens (including phenoxy) is 3. The number of halogens is 1. The molecular weight excluding hydrogens is 299 g/mol. The van der Waals surface area contributed by atoms with Crippen LogP contribution in [-0.2, 0) is 4.74 Å². The fourth-order valence-electron chi connectivity index (χ4n) is 2.57. The van der Waals surface area contributed by atoms with Gasteiger partial charge in [0.05, 0.1) is 13.7 Å². The normalized spacial score (nSPS) is 19.1. The highest BCUT2D eigenvalue weighted by Gasteiger charge is 2.30. The third-order valence-electron chi connectivity index (χ3n) is 3.70. The number of hydrogen-bond donors (Lipinski definition) is 1. The molecule has 3 rings (SSSR count). The van der Waals surface area contributed by atoms with Crippen LogP contribution in [0.3, 0.4) is 0 Å². The van der Waals surface area contributed by atoms with E-state index >= 15 is 0 Å². The van der Waals surface area contributed by atoms with Gasteiger partial charge in [-0.3, -0.25) is 4.98 Å². The Kier molecular flexibility index (Phi) is 5.05. The van der Waals surface area contributed by atoms with E-state index in [0.717, 1.165) is 12.1 Å². The van der Waals surface area contributed by atoms with Crippen molar-refractivity contribution in [2.75, 3.05) is 26.8 Å². The number of benzene rings is 1. The van der Waals surface area contributed by atoms with Gasteiger partial charge in [-0.1, -0.05) is 12.1 Å². The molecule has 2 atom stereocenters. The van der Waals surface area contributed by atoms with E-state index in [0.29, 0.717) is 18.9 Å². The Morgan fingerprint density at radius 3 is 2.96 bits per heavy atom. The number of methoxy groups -OCH3 is 1. The van der Waals surface area contributed by atoms with E-state index in [1.54, 1.807) is 24.5 Å². The van der Waals surface area contributed by atoms with Crippen molar-refractivity contribution in [1.82, 2.24) is 10.3 Å². The highest BCUT2D eigenvalue weighted by atomic mass is 19.1. The molecule has 122 valence electrons. The third kappa shape index (κ3) is 3.60. The van der Waals surface area contributed by atoms with Crippen LogP contribution < -0.4 is 14.8 Å². The molecule has 0 amide bonds. The highest BCUT2D eigenvalue weighted by Crippen LogP contribution is 2.35. The first kappa shape index (κ1) is 15.7. The van der Waals surface area contributed by atoms with E-state index in [2.05, 4.69) is 10.3 Å². The molecular formula is C17H19FN2O3. The number of aromatic nitrogens is 1. The molecule has 0 saturated carbocycles. The molecule has 1 saturated heterocycles. The van der Waals surface area contributed by atoms with Gasteiger partial charge in [0.2, 0.25) is 0 Å². The molecule has 2 aromatic rings. The molecule has 0 aliphatic carbocycles. The van der Waals surface area contributed by atoms with Crippen LogP contribution in [0.15, 0.2) is 42.7 Å². The molecule has 0 bridgehead atoms. The number of nitrogens with one attached hydrogen (secondary N) is 1. The average Bonchev–Trinajstić information content (AvgIpc) is 2.62. The van der Waals surface area contributed by atoms with Crippen LogP contribution in [0.1, 0.15) is 11.7 Å². The van der Waals surface area contributed by atoms with Crippen molar-refractivity contribution >= 4 is 0 Å². The van der Waals surface area contributed by atoms with Gasteiger partial charge in [-0.2, -0.15) is 0 Å². The molecule has 2 heterocycles. The van der Waals surface area contributed by atoms with Gasteiger partial charge >= 0.3 is 0 Å². The van der Waals surface area contributed by atoms with E-state index in [1.165, 1.54) is 13.2 Å². The first-order valence-corrected chi connectivity index (χ1v) is 7.51.